The molecule has 0 radical (unpaired) electrons. The Kier molecular flexibility index (Phi) is 6.10. The number of amides is 1. The van der Waals surface area contributed by atoms with Gasteiger partial charge in [-0.05, 0) is 43.3 Å². The molecule has 1 saturated heterocycles. The summed E-state index contributed by atoms with van der Waals surface area (Å²) in [5.41, 5.74) is 1.84. The first kappa shape index (κ1) is 21.0. The van der Waals surface area contributed by atoms with E-state index >= 15 is 0 Å². The maximum atomic E-state index is 12.9. The zero-order valence-corrected chi connectivity index (χ0v) is 19.4. The van der Waals surface area contributed by atoms with Gasteiger partial charge in [-0.15, -0.1) is 34.0 Å². The molecule has 1 aliphatic heterocycles. The van der Waals surface area contributed by atoms with Crippen molar-refractivity contribution in [1.82, 2.24) is 9.29 Å². The molecule has 1 aliphatic rings. The molecule has 0 aromatic carbocycles. The van der Waals surface area contributed by atoms with Crippen LogP contribution in [0.2, 0.25) is 4.34 Å². The third-order valence-electron chi connectivity index (χ3n) is 4.65. The van der Waals surface area contributed by atoms with Crippen LogP contribution >= 0.6 is 45.6 Å². The van der Waals surface area contributed by atoms with Crippen LogP contribution in [-0.2, 0) is 14.8 Å². The van der Waals surface area contributed by atoms with Crippen LogP contribution in [-0.4, -0.2) is 36.7 Å². The molecule has 0 aliphatic carbocycles. The number of rotatable bonds is 5. The van der Waals surface area contributed by atoms with Gasteiger partial charge in [0.05, 0.1) is 10.3 Å². The van der Waals surface area contributed by atoms with Crippen molar-refractivity contribution < 1.29 is 13.2 Å². The van der Waals surface area contributed by atoms with Crippen molar-refractivity contribution in [2.24, 2.45) is 5.92 Å². The average molecular weight is 488 g/mol. The summed E-state index contributed by atoms with van der Waals surface area (Å²) in [6.07, 6.45) is 1.29. The maximum absolute atomic E-state index is 12.9. The fraction of sp³-hybridized carbons (Fsp3) is 0.333. The van der Waals surface area contributed by atoms with E-state index in [1.165, 1.54) is 33.0 Å². The Bertz CT molecular complexity index is 1130. The van der Waals surface area contributed by atoms with E-state index in [1.54, 1.807) is 6.07 Å². The fourth-order valence-electron chi connectivity index (χ4n) is 3.20. The van der Waals surface area contributed by atoms with Gasteiger partial charge >= 0.3 is 0 Å². The quantitative estimate of drug-likeness (QED) is 0.553. The molecule has 29 heavy (non-hydrogen) atoms. The lowest BCUT2D eigenvalue weighted by Crippen LogP contribution is -2.43. The molecule has 0 bridgehead atoms. The predicted octanol–water partition coefficient (Wildman–Crippen LogP) is 4.93. The summed E-state index contributed by atoms with van der Waals surface area (Å²) in [6.45, 7) is 2.51. The van der Waals surface area contributed by atoms with Crippen LogP contribution in [0.5, 0.6) is 0 Å². The molecule has 4 heterocycles. The standard InChI is InChI=1S/C18H18ClN3O3S4/c1-11-10-27-17(20-11)13-6-8-26-18(13)21-16(23)12-3-2-7-22(9-12)29(24,25)15-5-4-14(19)28-15/h4-6,8,10,12H,2-3,7,9H2,1H3,(H,21,23). The summed E-state index contributed by atoms with van der Waals surface area (Å²) in [5.74, 6) is -0.562. The van der Waals surface area contributed by atoms with Gasteiger partial charge in [0.2, 0.25) is 5.91 Å². The lowest BCUT2D eigenvalue weighted by molar-refractivity contribution is -0.120. The second-order valence-electron chi connectivity index (χ2n) is 6.71. The Balaban J connectivity index is 1.48. The number of carbonyl (C=O) groups excluding carboxylic acids is 1. The number of thiazole rings is 1. The van der Waals surface area contributed by atoms with Crippen LogP contribution < -0.4 is 5.32 Å². The van der Waals surface area contributed by atoms with Gasteiger partial charge in [0.1, 0.15) is 14.2 Å². The Morgan fingerprint density at radius 3 is 2.83 bits per heavy atom. The van der Waals surface area contributed by atoms with Gasteiger partial charge in [-0.1, -0.05) is 11.6 Å². The molecule has 1 unspecified atom stereocenters. The molecule has 1 N–H and O–H groups in total. The van der Waals surface area contributed by atoms with Crippen LogP contribution in [0.3, 0.4) is 0 Å². The van der Waals surface area contributed by atoms with Gasteiger partial charge < -0.3 is 5.32 Å². The number of thiophene rings is 2. The van der Waals surface area contributed by atoms with E-state index in [-0.39, 0.29) is 16.7 Å². The first-order valence-corrected chi connectivity index (χ1v) is 13.3. The number of anilines is 1. The van der Waals surface area contributed by atoms with Crippen molar-refractivity contribution in [3.8, 4) is 10.6 Å². The fourth-order valence-corrected chi connectivity index (χ4v) is 8.05. The lowest BCUT2D eigenvalue weighted by atomic mass is 9.99. The molecule has 6 nitrogen and oxygen atoms in total. The van der Waals surface area contributed by atoms with E-state index in [4.69, 9.17) is 11.6 Å². The first-order chi connectivity index (χ1) is 13.8. The summed E-state index contributed by atoms with van der Waals surface area (Å²) in [5, 5.41) is 8.49. The van der Waals surface area contributed by atoms with Gasteiger partial charge in [-0.25, -0.2) is 13.4 Å². The minimum Gasteiger partial charge on any atom is -0.317 e. The van der Waals surface area contributed by atoms with Crippen LogP contribution in [0.25, 0.3) is 10.6 Å². The molecule has 1 atom stereocenters. The van der Waals surface area contributed by atoms with Crippen molar-refractivity contribution in [2.45, 2.75) is 24.0 Å². The van der Waals surface area contributed by atoms with Crippen LogP contribution in [0.15, 0.2) is 33.2 Å². The topological polar surface area (TPSA) is 79.4 Å². The summed E-state index contributed by atoms with van der Waals surface area (Å²) in [6, 6.07) is 5.03. The normalized spacial score (nSPS) is 18.1. The highest BCUT2D eigenvalue weighted by Gasteiger charge is 2.34. The monoisotopic (exact) mass is 487 g/mol. The second-order valence-corrected chi connectivity index (χ2v) is 12.4. The molecule has 0 saturated carbocycles. The smallest absolute Gasteiger partial charge is 0.252 e. The Morgan fingerprint density at radius 2 is 2.14 bits per heavy atom. The second kappa shape index (κ2) is 8.44. The number of halogens is 1. The number of piperidine rings is 1. The number of sulfonamides is 1. The first-order valence-electron chi connectivity index (χ1n) is 8.91. The maximum Gasteiger partial charge on any atom is 0.252 e. The van der Waals surface area contributed by atoms with E-state index in [0.29, 0.717) is 23.7 Å². The summed E-state index contributed by atoms with van der Waals surface area (Å²) < 4.78 is 27.8. The van der Waals surface area contributed by atoms with E-state index in [0.717, 1.165) is 32.6 Å². The van der Waals surface area contributed by atoms with Gasteiger partial charge in [0.25, 0.3) is 10.0 Å². The van der Waals surface area contributed by atoms with Crippen LogP contribution in [0, 0.1) is 12.8 Å². The van der Waals surface area contributed by atoms with Crippen molar-refractivity contribution in [1.29, 1.82) is 0 Å². The molecule has 4 rings (SSSR count). The SMILES string of the molecule is Cc1csc(-c2ccsc2NC(=O)C2CCCN(S(=O)(=O)c3ccc(Cl)s3)C2)n1. The van der Waals surface area contributed by atoms with Gasteiger partial charge in [-0.2, -0.15) is 4.31 Å². The molecular formula is C18H18ClN3O3S4. The van der Waals surface area contributed by atoms with E-state index < -0.39 is 15.9 Å². The van der Waals surface area contributed by atoms with Gasteiger partial charge in [-0.3, -0.25) is 4.79 Å². The van der Waals surface area contributed by atoms with Crippen molar-refractivity contribution >= 4 is 66.5 Å². The largest absolute Gasteiger partial charge is 0.317 e. The molecule has 3 aromatic rings. The number of carbonyl (C=O) groups is 1. The average Bonchev–Trinajstić information content (AvgIpc) is 3.43. The highest BCUT2D eigenvalue weighted by molar-refractivity contribution is 7.91. The predicted molar refractivity (Wildman–Crippen MR) is 120 cm³/mol. The molecular weight excluding hydrogens is 470 g/mol. The van der Waals surface area contributed by atoms with E-state index in [1.807, 2.05) is 23.8 Å². The number of hydrogen-bond acceptors (Lipinski definition) is 7. The number of aromatic nitrogens is 1. The molecule has 3 aromatic heterocycles. The van der Waals surface area contributed by atoms with Crippen LogP contribution in [0.4, 0.5) is 5.00 Å². The minimum atomic E-state index is -3.64. The Morgan fingerprint density at radius 1 is 1.31 bits per heavy atom. The zero-order valence-electron chi connectivity index (χ0n) is 15.4. The Labute approximate surface area is 186 Å². The summed E-state index contributed by atoms with van der Waals surface area (Å²) in [4.78, 5) is 17.4. The summed E-state index contributed by atoms with van der Waals surface area (Å²) in [7, 11) is -3.64. The minimum absolute atomic E-state index is 0.161. The van der Waals surface area contributed by atoms with Crippen molar-refractivity contribution in [3.63, 3.8) is 0 Å². The molecule has 154 valence electrons. The molecule has 11 heteroatoms. The van der Waals surface area contributed by atoms with Gasteiger partial charge in [0.15, 0.2) is 0 Å². The van der Waals surface area contributed by atoms with Crippen molar-refractivity contribution in [3.05, 3.63) is 39.0 Å². The number of nitrogens with one attached hydrogen (secondary N) is 1. The highest BCUT2D eigenvalue weighted by Crippen LogP contribution is 2.36. The van der Waals surface area contributed by atoms with Crippen molar-refractivity contribution in [2.75, 3.05) is 18.4 Å². The molecule has 0 spiro atoms. The highest BCUT2D eigenvalue weighted by atomic mass is 35.5. The molecule has 1 amide bonds. The van der Waals surface area contributed by atoms with Gasteiger partial charge in [0, 0.05) is 29.7 Å². The lowest BCUT2D eigenvalue weighted by Gasteiger charge is -2.30. The van der Waals surface area contributed by atoms with E-state index in [2.05, 4.69) is 10.3 Å². The zero-order chi connectivity index (χ0) is 20.6. The number of aryl methyl sites for hydroxylation is 1. The Hall–Kier alpha value is -1.30. The van der Waals surface area contributed by atoms with E-state index in [9.17, 15) is 13.2 Å². The summed E-state index contributed by atoms with van der Waals surface area (Å²) >= 11 is 9.91. The third-order valence-corrected chi connectivity index (χ3v) is 10.0. The third kappa shape index (κ3) is 4.42. The molecule has 1 fully saturated rings. The number of nitrogens with zero attached hydrogens (tertiary/aromatic N) is 2. The number of hydrogen-bond donors (Lipinski definition) is 1. The van der Waals surface area contributed by atoms with Crippen LogP contribution in [0.1, 0.15) is 18.5 Å².